The van der Waals surface area contributed by atoms with E-state index in [2.05, 4.69) is 9.97 Å². The number of halogens is 4. The van der Waals surface area contributed by atoms with Crippen LogP contribution in [-0.4, -0.2) is 49.3 Å². The minimum atomic E-state index is -4.87. The lowest BCUT2D eigenvalue weighted by Crippen LogP contribution is -2.40. The summed E-state index contributed by atoms with van der Waals surface area (Å²) in [7, 11) is 0. The molecule has 3 aromatic heterocycles. The number of nitrogens with zero attached hydrogens (tertiary/aromatic N) is 5. The topological polar surface area (TPSA) is 102 Å². The van der Waals surface area contributed by atoms with Gasteiger partial charge in [-0.1, -0.05) is 30.7 Å². The SMILES string of the molecule is CCn1c(=O)n(CCCOC2CCCCO2)c(=O)c2c1nc(-c1ccc(OC3CCC3C)nc1C(F)(F)F)n2Cc1ccc(Cl)cc1. The summed E-state index contributed by atoms with van der Waals surface area (Å²) < 4.78 is 64.9. The number of aromatic nitrogens is 5. The smallest absolute Gasteiger partial charge is 0.434 e. The monoisotopic (exact) mass is 675 g/mol. The van der Waals surface area contributed by atoms with E-state index in [1.54, 1.807) is 31.2 Å². The van der Waals surface area contributed by atoms with Crippen molar-refractivity contribution in [2.75, 3.05) is 13.2 Å². The third kappa shape index (κ3) is 6.97. The summed E-state index contributed by atoms with van der Waals surface area (Å²) in [6.45, 7) is 4.75. The van der Waals surface area contributed by atoms with Gasteiger partial charge < -0.3 is 18.8 Å². The molecule has 1 saturated heterocycles. The Morgan fingerprint density at radius 3 is 2.43 bits per heavy atom. The highest BCUT2D eigenvalue weighted by Crippen LogP contribution is 2.39. The molecule has 1 aromatic carbocycles. The molecule has 4 aromatic rings. The van der Waals surface area contributed by atoms with Crippen molar-refractivity contribution in [2.45, 2.75) is 90.6 Å². The third-order valence-corrected chi connectivity index (χ3v) is 9.10. The van der Waals surface area contributed by atoms with E-state index < -0.39 is 23.1 Å². The Kier molecular flexibility index (Phi) is 9.77. The summed E-state index contributed by atoms with van der Waals surface area (Å²) in [5.74, 6) is -0.0614. The first-order valence-electron chi connectivity index (χ1n) is 16.0. The van der Waals surface area contributed by atoms with Crippen LogP contribution in [0.15, 0.2) is 46.0 Å². The molecular formula is C33H37ClF3N5O5. The Bertz CT molecular complexity index is 1850. The van der Waals surface area contributed by atoms with Crippen molar-refractivity contribution in [3.63, 3.8) is 0 Å². The highest BCUT2D eigenvalue weighted by atomic mass is 35.5. The van der Waals surface area contributed by atoms with E-state index in [1.165, 1.54) is 21.3 Å². The minimum absolute atomic E-state index is 0.00433. The highest BCUT2D eigenvalue weighted by molar-refractivity contribution is 6.30. The highest BCUT2D eigenvalue weighted by Gasteiger charge is 2.39. The van der Waals surface area contributed by atoms with Crippen molar-refractivity contribution < 1.29 is 27.4 Å². The van der Waals surface area contributed by atoms with Gasteiger partial charge >= 0.3 is 11.9 Å². The lowest BCUT2D eigenvalue weighted by Gasteiger charge is -2.33. The molecule has 6 rings (SSSR count). The number of aryl methyl sites for hydroxylation is 1. The molecule has 14 heteroatoms. The Hall–Kier alpha value is -3.68. The molecular weight excluding hydrogens is 639 g/mol. The van der Waals surface area contributed by atoms with E-state index in [0.717, 1.165) is 36.7 Å². The van der Waals surface area contributed by atoms with Crippen LogP contribution in [0, 0.1) is 5.92 Å². The second-order valence-corrected chi connectivity index (χ2v) is 12.5. The van der Waals surface area contributed by atoms with Gasteiger partial charge in [0.1, 0.15) is 11.9 Å². The number of hydrogen-bond acceptors (Lipinski definition) is 7. The number of rotatable bonds is 11. The summed E-state index contributed by atoms with van der Waals surface area (Å²) in [6.07, 6.45) is -0.596. The summed E-state index contributed by atoms with van der Waals surface area (Å²) in [4.78, 5) is 36.2. The van der Waals surface area contributed by atoms with Gasteiger partial charge in [0.15, 0.2) is 23.1 Å². The molecule has 0 spiro atoms. The second kappa shape index (κ2) is 13.8. The van der Waals surface area contributed by atoms with Crippen LogP contribution in [0.4, 0.5) is 13.2 Å². The van der Waals surface area contributed by atoms with Crippen LogP contribution in [-0.2, 0) is 35.3 Å². The predicted molar refractivity (Wildman–Crippen MR) is 170 cm³/mol. The molecule has 2 fully saturated rings. The van der Waals surface area contributed by atoms with Gasteiger partial charge in [-0.05, 0) is 75.1 Å². The van der Waals surface area contributed by atoms with Gasteiger partial charge in [0.2, 0.25) is 5.88 Å². The molecule has 0 radical (unpaired) electrons. The maximum atomic E-state index is 14.6. The molecule has 10 nitrogen and oxygen atoms in total. The normalized spacial score (nSPS) is 20.0. The molecule has 0 bridgehead atoms. The molecule has 0 N–H and O–H groups in total. The van der Waals surface area contributed by atoms with E-state index in [0.29, 0.717) is 23.6 Å². The Balaban J connectivity index is 1.46. The Morgan fingerprint density at radius 2 is 1.79 bits per heavy atom. The first-order valence-corrected chi connectivity index (χ1v) is 16.4. The predicted octanol–water partition coefficient (Wildman–Crippen LogP) is 6.27. The van der Waals surface area contributed by atoms with Gasteiger partial charge in [-0.25, -0.2) is 14.8 Å². The fraction of sp³-hybridized carbons (Fsp3) is 0.515. The van der Waals surface area contributed by atoms with Crippen molar-refractivity contribution in [3.8, 4) is 17.3 Å². The van der Waals surface area contributed by atoms with Gasteiger partial charge in [0.05, 0.1) is 6.61 Å². The van der Waals surface area contributed by atoms with Crippen LogP contribution < -0.4 is 16.0 Å². The third-order valence-electron chi connectivity index (χ3n) is 8.84. The van der Waals surface area contributed by atoms with Gasteiger partial charge in [0, 0.05) is 42.9 Å². The van der Waals surface area contributed by atoms with E-state index >= 15 is 0 Å². The molecule has 1 aliphatic heterocycles. The van der Waals surface area contributed by atoms with Crippen molar-refractivity contribution in [1.29, 1.82) is 0 Å². The molecule has 1 aliphatic carbocycles. The number of alkyl halides is 3. The fourth-order valence-electron chi connectivity index (χ4n) is 6.05. The van der Waals surface area contributed by atoms with Gasteiger partial charge in [0.25, 0.3) is 5.56 Å². The van der Waals surface area contributed by atoms with E-state index in [9.17, 15) is 22.8 Å². The van der Waals surface area contributed by atoms with Crippen LogP contribution in [0.5, 0.6) is 5.88 Å². The summed E-state index contributed by atoms with van der Waals surface area (Å²) in [6, 6.07) is 9.41. The van der Waals surface area contributed by atoms with Crippen molar-refractivity contribution in [2.24, 2.45) is 5.92 Å². The number of pyridine rings is 1. The number of imidazole rings is 1. The molecule has 3 unspecified atom stereocenters. The number of hydrogen-bond donors (Lipinski definition) is 0. The molecule has 252 valence electrons. The number of benzene rings is 1. The van der Waals surface area contributed by atoms with E-state index in [-0.39, 0.29) is 73.0 Å². The van der Waals surface area contributed by atoms with Gasteiger partial charge in [-0.3, -0.25) is 13.9 Å². The zero-order chi connectivity index (χ0) is 33.3. The Morgan fingerprint density at radius 1 is 1.00 bits per heavy atom. The maximum absolute atomic E-state index is 14.6. The standard InChI is InChI=1S/C33H37ClF3N5O5/c1-3-40-30-27(31(43)41(32(40)44)16-6-18-46-26-7-4-5-17-45-26)42(19-21-9-11-22(34)12-10-21)29(39-30)23-13-15-25(38-28(23)33(35,36)37)47-24-14-8-20(24)2/h9-13,15,20,24,26H,3-8,14,16-19H2,1-2H3. The average Bonchev–Trinajstić information content (AvgIpc) is 3.42. The zero-order valence-electron chi connectivity index (χ0n) is 26.3. The van der Waals surface area contributed by atoms with Gasteiger partial charge in [-0.2, -0.15) is 13.2 Å². The van der Waals surface area contributed by atoms with Crippen LogP contribution in [0.3, 0.4) is 0 Å². The van der Waals surface area contributed by atoms with Crippen LogP contribution in [0.1, 0.15) is 63.6 Å². The molecule has 3 atom stereocenters. The van der Waals surface area contributed by atoms with Crippen LogP contribution in [0.25, 0.3) is 22.6 Å². The Labute approximate surface area is 274 Å². The van der Waals surface area contributed by atoms with Crippen molar-refractivity contribution in [3.05, 3.63) is 73.5 Å². The molecule has 0 amide bonds. The maximum Gasteiger partial charge on any atom is 0.434 e. The average molecular weight is 676 g/mol. The lowest BCUT2D eigenvalue weighted by molar-refractivity contribution is -0.163. The van der Waals surface area contributed by atoms with E-state index in [1.807, 2.05) is 6.92 Å². The minimum Gasteiger partial charge on any atom is -0.474 e. The van der Waals surface area contributed by atoms with E-state index in [4.69, 9.17) is 25.8 Å². The quantitative estimate of drug-likeness (QED) is 0.173. The van der Waals surface area contributed by atoms with Crippen LogP contribution in [0.2, 0.25) is 5.02 Å². The molecule has 1 saturated carbocycles. The first kappa shape index (κ1) is 33.2. The number of fused-ring (bicyclic) bond motifs is 1. The summed E-state index contributed by atoms with van der Waals surface area (Å²) >= 11 is 6.10. The lowest BCUT2D eigenvalue weighted by atomic mass is 9.84. The fourth-order valence-corrected chi connectivity index (χ4v) is 6.18. The van der Waals surface area contributed by atoms with Gasteiger partial charge in [-0.15, -0.1) is 0 Å². The summed E-state index contributed by atoms with van der Waals surface area (Å²) in [5.41, 5.74) is -2.13. The first-order chi connectivity index (χ1) is 22.5. The van der Waals surface area contributed by atoms with Crippen molar-refractivity contribution >= 4 is 22.8 Å². The number of ether oxygens (including phenoxy) is 3. The second-order valence-electron chi connectivity index (χ2n) is 12.1. The zero-order valence-corrected chi connectivity index (χ0v) is 27.0. The largest absolute Gasteiger partial charge is 0.474 e. The van der Waals surface area contributed by atoms with Crippen molar-refractivity contribution in [1.82, 2.24) is 23.7 Å². The summed E-state index contributed by atoms with van der Waals surface area (Å²) in [5, 5.41) is 0.479. The van der Waals surface area contributed by atoms with Crippen LogP contribution >= 0.6 is 11.6 Å². The molecule has 2 aliphatic rings. The molecule has 47 heavy (non-hydrogen) atoms. The molecule has 4 heterocycles.